The predicted octanol–water partition coefficient (Wildman–Crippen LogP) is 4.86. The van der Waals surface area contributed by atoms with Gasteiger partial charge in [0.1, 0.15) is 0 Å². The molecule has 10 heteroatoms. The number of benzene rings is 1. The molecule has 39 heavy (non-hydrogen) atoms. The number of piperidine rings is 1. The summed E-state index contributed by atoms with van der Waals surface area (Å²) in [5, 5.41) is 15.1. The minimum Gasteiger partial charge on any atom is -0.345 e. The van der Waals surface area contributed by atoms with E-state index >= 15 is 0 Å². The fraction of sp³-hybridized carbons (Fsp3) is 0.310. The lowest BCUT2D eigenvalue weighted by atomic mass is 9.80. The van der Waals surface area contributed by atoms with Gasteiger partial charge < -0.3 is 14.5 Å². The van der Waals surface area contributed by atoms with Gasteiger partial charge in [-0.15, -0.1) is 11.3 Å². The normalized spacial score (nSPS) is 15.1. The molecule has 0 aliphatic carbocycles. The van der Waals surface area contributed by atoms with Crippen molar-refractivity contribution in [2.75, 3.05) is 13.1 Å². The molecule has 8 nitrogen and oxygen atoms in total. The van der Waals surface area contributed by atoms with Gasteiger partial charge in [0.15, 0.2) is 0 Å². The Labute approximate surface area is 233 Å². The maximum absolute atomic E-state index is 12.8. The Morgan fingerprint density at radius 2 is 1.90 bits per heavy atom. The van der Waals surface area contributed by atoms with Crippen LogP contribution in [0.5, 0.6) is 0 Å². The first-order valence-corrected chi connectivity index (χ1v) is 14.2. The summed E-state index contributed by atoms with van der Waals surface area (Å²) < 4.78 is 5.93. The maximum Gasteiger partial charge on any atom is 0.331 e. The molecule has 0 radical (unpaired) electrons. The second-order valence-corrected chi connectivity index (χ2v) is 11.6. The zero-order valence-electron chi connectivity index (χ0n) is 21.5. The summed E-state index contributed by atoms with van der Waals surface area (Å²) in [5.41, 5.74) is 2.70. The fourth-order valence-corrected chi connectivity index (χ4v) is 6.92. The highest BCUT2D eigenvalue weighted by Crippen LogP contribution is 2.40. The van der Waals surface area contributed by atoms with Gasteiger partial charge in [-0.3, -0.25) is 14.3 Å². The summed E-state index contributed by atoms with van der Waals surface area (Å²) in [6, 6.07) is 13.9. The van der Waals surface area contributed by atoms with Gasteiger partial charge >= 0.3 is 5.69 Å². The van der Waals surface area contributed by atoms with Gasteiger partial charge in [0.2, 0.25) is 0 Å². The van der Waals surface area contributed by atoms with Crippen molar-refractivity contribution in [3.8, 4) is 17.2 Å². The lowest BCUT2D eigenvalue weighted by molar-refractivity contribution is 0.247. The van der Waals surface area contributed by atoms with E-state index < -0.39 is 5.41 Å². The summed E-state index contributed by atoms with van der Waals surface area (Å²) in [6.45, 7) is 4.82. The molecule has 5 heterocycles. The Hall–Kier alpha value is -3.71. The number of aryl methyl sites for hydroxylation is 1. The third-order valence-corrected chi connectivity index (χ3v) is 9.00. The Kier molecular flexibility index (Phi) is 6.63. The molecule has 5 aromatic rings. The van der Waals surface area contributed by atoms with Gasteiger partial charge in [0.25, 0.3) is 5.56 Å². The molecule has 1 N–H and O–H groups in total. The standard InChI is InChI=1S/C29H27ClN6O2S/c1-2-34-12-5-25(37)36(28(34)38)16-21-15-24-27(39-21)22(3-8-33-24)23-14-20(30)13-19-4-11-35(26(19)23)18-29(17-31)6-9-32-10-7-29/h3-5,8,11-15,32H,2,6-7,9-10,16,18H2,1H3. The molecule has 4 aromatic heterocycles. The Bertz CT molecular complexity index is 1870. The summed E-state index contributed by atoms with van der Waals surface area (Å²) in [7, 11) is 0. The highest BCUT2D eigenvalue weighted by Gasteiger charge is 2.33. The average molecular weight is 559 g/mol. The van der Waals surface area contributed by atoms with Gasteiger partial charge in [-0.05, 0) is 63.2 Å². The van der Waals surface area contributed by atoms with Crippen LogP contribution >= 0.6 is 22.9 Å². The Balaban J connectivity index is 1.47. The van der Waals surface area contributed by atoms with E-state index in [9.17, 15) is 14.9 Å². The van der Waals surface area contributed by atoms with Crippen LogP contribution in [0.25, 0.3) is 32.2 Å². The van der Waals surface area contributed by atoms with Crippen LogP contribution < -0.4 is 16.6 Å². The molecule has 0 amide bonds. The van der Waals surface area contributed by atoms with E-state index in [0.29, 0.717) is 18.1 Å². The third-order valence-electron chi connectivity index (χ3n) is 7.64. The average Bonchev–Trinajstić information content (AvgIpc) is 3.54. The van der Waals surface area contributed by atoms with Crippen LogP contribution in [0.3, 0.4) is 0 Å². The van der Waals surface area contributed by atoms with E-state index in [1.807, 2.05) is 37.4 Å². The number of nitriles is 1. The highest BCUT2D eigenvalue weighted by atomic mass is 35.5. The molecule has 0 atom stereocenters. The topological polar surface area (TPSA) is 97.6 Å². The number of rotatable bonds is 6. The van der Waals surface area contributed by atoms with Crippen LogP contribution in [0.2, 0.25) is 5.02 Å². The molecule has 1 fully saturated rings. The summed E-state index contributed by atoms with van der Waals surface area (Å²) in [5.74, 6) is 0. The number of thiophene rings is 1. The summed E-state index contributed by atoms with van der Waals surface area (Å²) >= 11 is 8.12. The molecule has 1 saturated heterocycles. The molecule has 1 aliphatic rings. The van der Waals surface area contributed by atoms with E-state index in [0.717, 1.165) is 63.1 Å². The second-order valence-electron chi connectivity index (χ2n) is 10.1. The highest BCUT2D eigenvalue weighted by molar-refractivity contribution is 7.19. The number of nitrogens with one attached hydrogen (secondary N) is 1. The van der Waals surface area contributed by atoms with E-state index in [2.05, 4.69) is 27.0 Å². The van der Waals surface area contributed by atoms with E-state index in [-0.39, 0.29) is 17.8 Å². The largest absolute Gasteiger partial charge is 0.345 e. The molecule has 6 rings (SSSR count). The lowest BCUT2D eigenvalue weighted by Crippen LogP contribution is -2.38. The zero-order chi connectivity index (χ0) is 27.1. The Morgan fingerprint density at radius 1 is 1.10 bits per heavy atom. The number of hydrogen-bond donors (Lipinski definition) is 1. The van der Waals surface area contributed by atoms with Crippen molar-refractivity contribution in [1.82, 2.24) is 24.0 Å². The van der Waals surface area contributed by atoms with Crippen molar-refractivity contribution in [3.05, 3.63) is 85.7 Å². The van der Waals surface area contributed by atoms with Crippen LogP contribution in [-0.4, -0.2) is 31.8 Å². The van der Waals surface area contributed by atoms with Crippen molar-refractivity contribution >= 4 is 44.1 Å². The van der Waals surface area contributed by atoms with E-state index in [1.54, 1.807) is 6.20 Å². The molecule has 0 unspecified atom stereocenters. The van der Waals surface area contributed by atoms with E-state index in [1.165, 1.54) is 32.7 Å². The molecule has 0 spiro atoms. The first kappa shape index (κ1) is 25.6. The zero-order valence-corrected chi connectivity index (χ0v) is 23.1. The first-order valence-electron chi connectivity index (χ1n) is 13.0. The number of pyridine rings is 1. The van der Waals surface area contributed by atoms with Crippen molar-refractivity contribution in [1.29, 1.82) is 5.26 Å². The lowest BCUT2D eigenvalue weighted by Gasteiger charge is -2.32. The Morgan fingerprint density at radius 3 is 2.67 bits per heavy atom. The maximum atomic E-state index is 12.8. The third kappa shape index (κ3) is 4.59. The first-order chi connectivity index (χ1) is 18.9. The van der Waals surface area contributed by atoms with E-state index in [4.69, 9.17) is 11.6 Å². The molecule has 0 saturated carbocycles. The van der Waals surface area contributed by atoms with Gasteiger partial charge in [0, 0.05) is 64.2 Å². The SMILES string of the molecule is CCn1ccc(=O)n(Cc2cc3nccc(-c4cc(Cl)cc5ccn(CC6(C#N)CCNCC6)c45)c3s2)c1=O. The van der Waals surface area contributed by atoms with Crippen LogP contribution in [0.1, 0.15) is 24.6 Å². The van der Waals surface area contributed by atoms with Gasteiger partial charge in [-0.1, -0.05) is 11.6 Å². The van der Waals surface area contributed by atoms with Gasteiger partial charge in [0.05, 0.1) is 33.8 Å². The van der Waals surface area contributed by atoms with Crippen LogP contribution in [0.15, 0.2) is 64.6 Å². The number of fused-ring (bicyclic) bond motifs is 2. The molecule has 198 valence electrons. The second kappa shape index (κ2) is 10.1. The quantitative estimate of drug-likeness (QED) is 0.321. The number of aromatic nitrogens is 4. The fourth-order valence-electron chi connectivity index (χ4n) is 5.56. The molecular formula is C29H27ClN6O2S. The van der Waals surface area contributed by atoms with Crippen molar-refractivity contribution in [2.24, 2.45) is 5.41 Å². The predicted molar refractivity (Wildman–Crippen MR) is 155 cm³/mol. The number of hydrogen-bond acceptors (Lipinski definition) is 6. The van der Waals surface area contributed by atoms with Gasteiger partial charge in [-0.2, -0.15) is 5.26 Å². The van der Waals surface area contributed by atoms with Crippen LogP contribution in [0, 0.1) is 16.7 Å². The van der Waals surface area contributed by atoms with Crippen molar-refractivity contribution < 1.29 is 0 Å². The minimum absolute atomic E-state index is 0.180. The summed E-state index contributed by atoms with van der Waals surface area (Å²) in [6.07, 6.45) is 6.96. The monoisotopic (exact) mass is 558 g/mol. The van der Waals surface area contributed by atoms with Crippen LogP contribution in [0.4, 0.5) is 0 Å². The molecular weight excluding hydrogens is 532 g/mol. The van der Waals surface area contributed by atoms with Gasteiger partial charge in [-0.25, -0.2) is 4.79 Å². The van der Waals surface area contributed by atoms with Crippen molar-refractivity contribution in [2.45, 2.75) is 39.4 Å². The summed E-state index contributed by atoms with van der Waals surface area (Å²) in [4.78, 5) is 30.8. The number of nitrogens with zero attached hydrogens (tertiary/aromatic N) is 5. The molecule has 1 aliphatic heterocycles. The molecule has 0 bridgehead atoms. The minimum atomic E-state index is -0.424. The smallest absolute Gasteiger partial charge is 0.331 e. The van der Waals surface area contributed by atoms with Crippen LogP contribution in [-0.2, 0) is 19.6 Å². The molecule has 1 aromatic carbocycles. The van der Waals surface area contributed by atoms with Crippen molar-refractivity contribution in [3.63, 3.8) is 0 Å². The number of halogens is 1.